The fourth-order valence-electron chi connectivity index (χ4n) is 2.40. The standard InChI is InChI=1S/C15H13F3N4O/c1-8-11(15(16,17)18)7-19-14(20-8)21-10-3-4-12-9(6-10)2-5-13(23)22-12/h3-4,6-7H,2,5H2,1H3,(H,22,23)(H,19,20,21). The fourth-order valence-corrected chi connectivity index (χ4v) is 2.40. The second-order valence-electron chi connectivity index (χ2n) is 5.24. The average molecular weight is 322 g/mol. The zero-order chi connectivity index (χ0) is 16.6. The number of aromatic nitrogens is 2. The van der Waals surface area contributed by atoms with Crippen LogP contribution < -0.4 is 10.6 Å². The molecule has 2 heterocycles. The number of nitrogens with zero attached hydrogens (tertiary/aromatic N) is 2. The lowest BCUT2D eigenvalue weighted by atomic mass is 10.0. The largest absolute Gasteiger partial charge is 0.419 e. The van der Waals surface area contributed by atoms with Crippen molar-refractivity contribution in [2.24, 2.45) is 0 Å². The van der Waals surface area contributed by atoms with E-state index in [2.05, 4.69) is 20.6 Å². The Morgan fingerprint density at radius 1 is 1.26 bits per heavy atom. The van der Waals surface area contributed by atoms with Crippen molar-refractivity contribution >= 4 is 23.2 Å². The van der Waals surface area contributed by atoms with Gasteiger partial charge in [0.15, 0.2) is 0 Å². The molecule has 2 N–H and O–H groups in total. The highest BCUT2D eigenvalue weighted by Crippen LogP contribution is 2.31. The molecule has 0 unspecified atom stereocenters. The van der Waals surface area contributed by atoms with Crippen LogP contribution in [0, 0.1) is 6.92 Å². The van der Waals surface area contributed by atoms with E-state index >= 15 is 0 Å². The predicted octanol–water partition coefficient (Wildman–Crippen LogP) is 3.43. The number of carbonyl (C=O) groups is 1. The summed E-state index contributed by atoms with van der Waals surface area (Å²) in [5.74, 6) is 0.0650. The number of rotatable bonds is 2. The first kappa shape index (κ1) is 15.3. The quantitative estimate of drug-likeness (QED) is 0.889. The Balaban J connectivity index is 1.83. The van der Waals surface area contributed by atoms with Gasteiger partial charge in [0.1, 0.15) is 0 Å². The van der Waals surface area contributed by atoms with Gasteiger partial charge < -0.3 is 10.6 Å². The van der Waals surface area contributed by atoms with E-state index in [9.17, 15) is 18.0 Å². The van der Waals surface area contributed by atoms with Crippen LogP contribution in [0.3, 0.4) is 0 Å². The zero-order valence-corrected chi connectivity index (χ0v) is 12.2. The molecule has 0 atom stereocenters. The Hall–Kier alpha value is -2.64. The maximum Gasteiger partial charge on any atom is 0.419 e. The van der Waals surface area contributed by atoms with Gasteiger partial charge >= 0.3 is 6.18 Å². The lowest BCUT2D eigenvalue weighted by Gasteiger charge is -2.18. The Morgan fingerprint density at radius 2 is 2.04 bits per heavy atom. The van der Waals surface area contributed by atoms with Crippen molar-refractivity contribution in [3.05, 3.63) is 41.2 Å². The summed E-state index contributed by atoms with van der Waals surface area (Å²) in [5.41, 5.74) is 1.37. The monoisotopic (exact) mass is 322 g/mol. The van der Waals surface area contributed by atoms with Gasteiger partial charge in [-0.25, -0.2) is 9.97 Å². The number of halogens is 3. The second kappa shape index (κ2) is 5.53. The summed E-state index contributed by atoms with van der Waals surface area (Å²) in [6.07, 6.45) is -2.67. The van der Waals surface area contributed by atoms with E-state index in [1.54, 1.807) is 12.1 Å². The minimum Gasteiger partial charge on any atom is -0.326 e. The first-order valence-corrected chi connectivity index (χ1v) is 6.93. The number of hydrogen-bond acceptors (Lipinski definition) is 4. The number of hydrogen-bond donors (Lipinski definition) is 2. The molecule has 1 aromatic carbocycles. The van der Waals surface area contributed by atoms with Gasteiger partial charge in [-0.3, -0.25) is 4.79 Å². The number of amides is 1. The molecule has 0 saturated carbocycles. The van der Waals surface area contributed by atoms with Gasteiger partial charge in [0.25, 0.3) is 0 Å². The molecule has 5 nitrogen and oxygen atoms in total. The molecule has 1 amide bonds. The van der Waals surface area contributed by atoms with E-state index in [0.29, 0.717) is 18.5 Å². The molecule has 0 fully saturated rings. The first-order valence-electron chi connectivity index (χ1n) is 6.93. The molecule has 0 saturated heterocycles. The minimum atomic E-state index is -4.47. The molecule has 1 aliphatic rings. The minimum absolute atomic E-state index is 0.0279. The topological polar surface area (TPSA) is 66.9 Å². The third-order valence-electron chi connectivity index (χ3n) is 3.54. The van der Waals surface area contributed by atoms with Crippen LogP contribution in [-0.2, 0) is 17.4 Å². The Bertz CT molecular complexity index is 774. The molecule has 0 spiro atoms. The molecular formula is C15H13F3N4O. The van der Waals surface area contributed by atoms with E-state index in [0.717, 1.165) is 17.4 Å². The third-order valence-corrected chi connectivity index (χ3v) is 3.54. The highest BCUT2D eigenvalue weighted by atomic mass is 19.4. The van der Waals surface area contributed by atoms with Gasteiger partial charge in [-0.1, -0.05) is 0 Å². The predicted molar refractivity (Wildman–Crippen MR) is 78.4 cm³/mol. The van der Waals surface area contributed by atoms with Crippen LogP contribution in [0.5, 0.6) is 0 Å². The number of carbonyl (C=O) groups excluding carboxylic acids is 1. The fraction of sp³-hybridized carbons (Fsp3) is 0.267. The molecule has 0 aliphatic carbocycles. The normalized spacial score (nSPS) is 14.2. The van der Waals surface area contributed by atoms with Crippen LogP contribution >= 0.6 is 0 Å². The van der Waals surface area contributed by atoms with E-state index in [-0.39, 0.29) is 17.5 Å². The molecule has 1 aliphatic heterocycles. The van der Waals surface area contributed by atoms with Crippen molar-refractivity contribution in [3.63, 3.8) is 0 Å². The van der Waals surface area contributed by atoms with Gasteiger partial charge in [-0.2, -0.15) is 13.2 Å². The lowest BCUT2D eigenvalue weighted by molar-refractivity contribution is -0.138. The van der Waals surface area contributed by atoms with Crippen molar-refractivity contribution in [3.8, 4) is 0 Å². The van der Waals surface area contributed by atoms with Gasteiger partial charge in [-0.15, -0.1) is 0 Å². The summed E-state index contributed by atoms with van der Waals surface area (Å²) >= 11 is 0. The lowest BCUT2D eigenvalue weighted by Crippen LogP contribution is -2.18. The van der Waals surface area contributed by atoms with E-state index in [4.69, 9.17) is 0 Å². The van der Waals surface area contributed by atoms with Crippen LogP contribution in [-0.4, -0.2) is 15.9 Å². The maximum absolute atomic E-state index is 12.7. The number of anilines is 3. The first-order chi connectivity index (χ1) is 10.8. The van der Waals surface area contributed by atoms with E-state index < -0.39 is 11.7 Å². The smallest absolute Gasteiger partial charge is 0.326 e. The van der Waals surface area contributed by atoms with Crippen LogP contribution in [0.4, 0.5) is 30.5 Å². The number of nitrogens with one attached hydrogen (secondary N) is 2. The van der Waals surface area contributed by atoms with Gasteiger partial charge in [0.2, 0.25) is 11.9 Å². The molecule has 120 valence electrons. The summed E-state index contributed by atoms with van der Waals surface area (Å²) in [6, 6.07) is 5.28. The van der Waals surface area contributed by atoms with E-state index in [1.807, 2.05) is 6.07 Å². The van der Waals surface area contributed by atoms with Gasteiger partial charge in [0.05, 0.1) is 11.3 Å². The van der Waals surface area contributed by atoms with Crippen LogP contribution in [0.15, 0.2) is 24.4 Å². The van der Waals surface area contributed by atoms with Crippen molar-refractivity contribution in [1.82, 2.24) is 9.97 Å². The maximum atomic E-state index is 12.7. The van der Waals surface area contributed by atoms with Crippen molar-refractivity contribution < 1.29 is 18.0 Å². The van der Waals surface area contributed by atoms with Crippen LogP contribution in [0.1, 0.15) is 23.2 Å². The number of fused-ring (bicyclic) bond motifs is 1. The summed E-state index contributed by atoms with van der Waals surface area (Å²) < 4.78 is 38.1. The molecule has 2 aromatic rings. The number of aryl methyl sites for hydroxylation is 2. The highest BCUT2D eigenvalue weighted by molar-refractivity contribution is 5.94. The van der Waals surface area contributed by atoms with Crippen LogP contribution in [0.2, 0.25) is 0 Å². The summed E-state index contributed by atoms with van der Waals surface area (Å²) in [5, 5.41) is 5.64. The molecule has 0 radical (unpaired) electrons. The molecule has 8 heteroatoms. The number of benzene rings is 1. The van der Waals surface area contributed by atoms with Crippen molar-refractivity contribution in [2.45, 2.75) is 25.9 Å². The van der Waals surface area contributed by atoms with E-state index in [1.165, 1.54) is 6.92 Å². The van der Waals surface area contributed by atoms with Crippen molar-refractivity contribution in [1.29, 1.82) is 0 Å². The SMILES string of the molecule is Cc1nc(Nc2ccc3c(c2)CCC(=O)N3)ncc1C(F)(F)F. The molecular weight excluding hydrogens is 309 g/mol. The Morgan fingerprint density at radius 3 is 2.74 bits per heavy atom. The summed E-state index contributed by atoms with van der Waals surface area (Å²) in [4.78, 5) is 18.9. The molecule has 23 heavy (non-hydrogen) atoms. The molecule has 0 bridgehead atoms. The Kier molecular flexibility index (Phi) is 3.67. The third kappa shape index (κ3) is 3.25. The zero-order valence-electron chi connectivity index (χ0n) is 12.2. The van der Waals surface area contributed by atoms with Gasteiger partial charge in [0, 0.05) is 24.0 Å². The second-order valence-corrected chi connectivity index (χ2v) is 5.24. The van der Waals surface area contributed by atoms with Crippen LogP contribution in [0.25, 0.3) is 0 Å². The highest BCUT2D eigenvalue weighted by Gasteiger charge is 2.33. The average Bonchev–Trinajstić information content (AvgIpc) is 2.46. The van der Waals surface area contributed by atoms with Gasteiger partial charge in [-0.05, 0) is 37.1 Å². The Labute approximate surface area is 130 Å². The number of alkyl halides is 3. The van der Waals surface area contributed by atoms with Crippen molar-refractivity contribution in [2.75, 3.05) is 10.6 Å². The molecule has 1 aromatic heterocycles. The summed E-state index contributed by atoms with van der Waals surface area (Å²) in [6.45, 7) is 1.29. The molecule has 3 rings (SSSR count). The summed E-state index contributed by atoms with van der Waals surface area (Å²) in [7, 11) is 0.